The molecule has 1 aliphatic carbocycles. The largest absolute Gasteiger partial charge is 0.374 e. The zero-order valence-electron chi connectivity index (χ0n) is 14.4. The Hall–Kier alpha value is -2.74. The molecule has 4 heterocycles. The maximum Gasteiger partial charge on any atom is 0.256 e. The molecule has 0 spiro atoms. The first kappa shape index (κ1) is 15.5. The number of hydrogen-bond donors (Lipinski definition) is 0. The van der Waals surface area contributed by atoms with Crippen LogP contribution in [0.25, 0.3) is 5.65 Å². The number of ether oxygens (including phenoxy) is 1. The number of fused-ring (bicyclic) bond motifs is 1. The van der Waals surface area contributed by atoms with Gasteiger partial charge < -0.3 is 18.6 Å². The molecule has 3 aromatic heterocycles. The minimum Gasteiger partial charge on any atom is -0.374 e. The van der Waals surface area contributed by atoms with Crippen molar-refractivity contribution < 1.29 is 14.1 Å². The Kier molecular flexibility index (Phi) is 3.53. The van der Waals surface area contributed by atoms with Crippen LogP contribution in [0.3, 0.4) is 0 Å². The number of pyridine rings is 1. The topological polar surface area (TPSA) is 85.8 Å². The van der Waals surface area contributed by atoms with E-state index < -0.39 is 0 Å². The molecule has 2 aliphatic rings. The fraction of sp³-hybridized carbons (Fsp3) is 0.444. The number of carbonyl (C=O) groups excluding carboxylic acids is 1. The van der Waals surface area contributed by atoms with Crippen molar-refractivity contribution in [3.63, 3.8) is 0 Å². The highest BCUT2D eigenvalue weighted by atomic mass is 16.5. The summed E-state index contributed by atoms with van der Waals surface area (Å²) in [5, 5.41) is 4.10. The molecule has 26 heavy (non-hydrogen) atoms. The van der Waals surface area contributed by atoms with Gasteiger partial charge in [-0.2, -0.15) is 4.98 Å². The molecule has 2 atom stereocenters. The van der Waals surface area contributed by atoms with E-state index in [-0.39, 0.29) is 18.1 Å². The van der Waals surface area contributed by atoms with E-state index in [9.17, 15) is 4.79 Å². The van der Waals surface area contributed by atoms with Gasteiger partial charge in [-0.05, 0) is 31.9 Å². The van der Waals surface area contributed by atoms with Crippen molar-refractivity contribution in [3.8, 4) is 0 Å². The lowest BCUT2D eigenvalue weighted by Gasteiger charge is -2.37. The molecule has 0 radical (unpaired) electrons. The third kappa shape index (κ3) is 2.57. The van der Waals surface area contributed by atoms with E-state index in [2.05, 4.69) is 15.1 Å². The van der Waals surface area contributed by atoms with E-state index in [1.165, 1.54) is 0 Å². The Morgan fingerprint density at radius 3 is 3.04 bits per heavy atom. The SMILES string of the molecule is C[C@H]1OCCN(C(=O)c2ccc3nccn3c2)[C@@H]1c1nc(C2CC2)no1. The zero-order chi connectivity index (χ0) is 17.7. The highest BCUT2D eigenvalue weighted by molar-refractivity contribution is 5.94. The predicted octanol–water partition coefficient (Wildman–Crippen LogP) is 2.20. The Morgan fingerprint density at radius 2 is 2.19 bits per heavy atom. The van der Waals surface area contributed by atoms with Crippen LogP contribution in [0.1, 0.15) is 53.8 Å². The summed E-state index contributed by atoms with van der Waals surface area (Å²) < 4.78 is 13.1. The highest BCUT2D eigenvalue weighted by Gasteiger charge is 2.39. The Morgan fingerprint density at radius 1 is 1.31 bits per heavy atom. The van der Waals surface area contributed by atoms with Crippen molar-refractivity contribution in [2.24, 2.45) is 0 Å². The van der Waals surface area contributed by atoms with Gasteiger partial charge in [0.05, 0.1) is 18.3 Å². The molecule has 134 valence electrons. The van der Waals surface area contributed by atoms with Crippen LogP contribution in [0, 0.1) is 0 Å². The average molecular weight is 353 g/mol. The Bertz CT molecular complexity index is 961. The van der Waals surface area contributed by atoms with Crippen molar-refractivity contribution in [2.75, 3.05) is 13.2 Å². The normalized spacial score (nSPS) is 23.5. The first-order valence-electron chi connectivity index (χ1n) is 8.89. The predicted molar refractivity (Wildman–Crippen MR) is 90.7 cm³/mol. The molecular formula is C18H19N5O3. The van der Waals surface area contributed by atoms with Crippen LogP contribution >= 0.6 is 0 Å². The summed E-state index contributed by atoms with van der Waals surface area (Å²) in [5.41, 5.74) is 1.40. The number of carbonyl (C=O) groups is 1. The van der Waals surface area contributed by atoms with Crippen LogP contribution in [0.15, 0.2) is 35.2 Å². The van der Waals surface area contributed by atoms with Crippen molar-refractivity contribution in [3.05, 3.63) is 48.0 Å². The van der Waals surface area contributed by atoms with E-state index in [0.717, 1.165) is 24.3 Å². The average Bonchev–Trinajstić information content (AvgIpc) is 3.20. The maximum absolute atomic E-state index is 13.2. The van der Waals surface area contributed by atoms with Crippen LogP contribution in [-0.4, -0.2) is 49.6 Å². The van der Waals surface area contributed by atoms with Crippen molar-refractivity contribution in [1.82, 2.24) is 24.4 Å². The van der Waals surface area contributed by atoms with Crippen molar-refractivity contribution in [2.45, 2.75) is 37.8 Å². The van der Waals surface area contributed by atoms with E-state index in [4.69, 9.17) is 9.26 Å². The van der Waals surface area contributed by atoms with E-state index in [1.807, 2.05) is 23.6 Å². The zero-order valence-corrected chi connectivity index (χ0v) is 14.4. The van der Waals surface area contributed by atoms with Gasteiger partial charge in [0.25, 0.3) is 11.8 Å². The van der Waals surface area contributed by atoms with Crippen molar-refractivity contribution >= 4 is 11.6 Å². The molecule has 8 heteroatoms. The minimum absolute atomic E-state index is 0.0769. The lowest BCUT2D eigenvalue weighted by atomic mass is 10.1. The molecule has 5 rings (SSSR count). The molecule has 8 nitrogen and oxygen atoms in total. The smallest absolute Gasteiger partial charge is 0.256 e. The van der Waals surface area contributed by atoms with Gasteiger partial charge in [0.1, 0.15) is 11.7 Å². The second-order valence-electron chi connectivity index (χ2n) is 6.89. The second kappa shape index (κ2) is 5.91. The molecule has 0 unspecified atom stereocenters. The van der Waals surface area contributed by atoms with Gasteiger partial charge in [-0.25, -0.2) is 4.98 Å². The van der Waals surface area contributed by atoms with Gasteiger partial charge in [0.15, 0.2) is 5.82 Å². The first-order valence-corrected chi connectivity index (χ1v) is 8.89. The number of aromatic nitrogens is 4. The summed E-state index contributed by atoms with van der Waals surface area (Å²) in [6.07, 6.45) is 7.32. The van der Waals surface area contributed by atoms with Gasteiger partial charge >= 0.3 is 0 Å². The summed E-state index contributed by atoms with van der Waals surface area (Å²) in [5.74, 6) is 1.52. The van der Waals surface area contributed by atoms with Crippen LogP contribution in [0.4, 0.5) is 0 Å². The number of imidazole rings is 1. The number of hydrogen-bond acceptors (Lipinski definition) is 6. The maximum atomic E-state index is 13.2. The molecule has 0 N–H and O–H groups in total. The number of rotatable bonds is 3. The fourth-order valence-corrected chi connectivity index (χ4v) is 3.47. The summed E-state index contributed by atoms with van der Waals surface area (Å²) >= 11 is 0. The Balaban J connectivity index is 1.48. The number of morpholine rings is 1. The first-order chi connectivity index (χ1) is 12.7. The van der Waals surface area contributed by atoms with E-state index in [0.29, 0.717) is 30.5 Å². The molecule has 1 saturated carbocycles. The monoisotopic (exact) mass is 353 g/mol. The van der Waals surface area contributed by atoms with Crippen LogP contribution in [0.5, 0.6) is 0 Å². The standard InChI is InChI=1S/C18H19N5O3/c1-11-15(17-20-16(21-26-17)12-2-3-12)23(8-9-25-11)18(24)13-4-5-14-19-6-7-22(14)10-13/h4-7,10-12,15H,2-3,8-9H2,1H3/t11-,15+/m1/s1. The Labute approximate surface area is 149 Å². The summed E-state index contributed by atoms with van der Waals surface area (Å²) in [4.78, 5) is 23.7. The summed E-state index contributed by atoms with van der Waals surface area (Å²) in [6.45, 7) is 2.90. The molecule has 3 aromatic rings. The molecule has 0 bridgehead atoms. The third-order valence-corrected chi connectivity index (χ3v) is 5.04. The molecular weight excluding hydrogens is 334 g/mol. The molecule has 1 saturated heterocycles. The lowest BCUT2D eigenvalue weighted by Crippen LogP contribution is -2.47. The molecule has 1 amide bonds. The minimum atomic E-state index is -0.380. The number of nitrogens with zero attached hydrogens (tertiary/aromatic N) is 5. The lowest BCUT2D eigenvalue weighted by molar-refractivity contribution is -0.0600. The molecule has 2 fully saturated rings. The van der Waals surface area contributed by atoms with Gasteiger partial charge in [-0.15, -0.1) is 0 Å². The van der Waals surface area contributed by atoms with E-state index >= 15 is 0 Å². The third-order valence-electron chi connectivity index (χ3n) is 5.04. The number of amides is 1. The fourth-order valence-electron chi connectivity index (χ4n) is 3.47. The van der Waals surface area contributed by atoms with Crippen LogP contribution in [-0.2, 0) is 4.74 Å². The quantitative estimate of drug-likeness (QED) is 0.717. The summed E-state index contributed by atoms with van der Waals surface area (Å²) in [6, 6.07) is 3.25. The molecule has 0 aromatic carbocycles. The van der Waals surface area contributed by atoms with Gasteiger partial charge in [0.2, 0.25) is 0 Å². The van der Waals surface area contributed by atoms with E-state index in [1.54, 1.807) is 23.4 Å². The second-order valence-corrected chi connectivity index (χ2v) is 6.89. The van der Waals surface area contributed by atoms with Crippen LogP contribution in [0.2, 0.25) is 0 Å². The summed E-state index contributed by atoms with van der Waals surface area (Å²) in [7, 11) is 0. The van der Waals surface area contributed by atoms with Crippen LogP contribution < -0.4 is 0 Å². The molecule has 1 aliphatic heterocycles. The van der Waals surface area contributed by atoms with Gasteiger partial charge in [0, 0.05) is 31.1 Å². The van der Waals surface area contributed by atoms with Crippen molar-refractivity contribution in [1.29, 1.82) is 0 Å². The van der Waals surface area contributed by atoms with Gasteiger partial charge in [-0.1, -0.05) is 5.16 Å². The highest BCUT2D eigenvalue weighted by Crippen LogP contribution is 2.39. The van der Waals surface area contributed by atoms with Gasteiger partial charge in [-0.3, -0.25) is 4.79 Å².